The van der Waals surface area contributed by atoms with Crippen LogP contribution in [0.5, 0.6) is 0 Å². The maximum atomic E-state index is 14.4. The predicted molar refractivity (Wildman–Crippen MR) is 225 cm³/mol. The van der Waals surface area contributed by atoms with E-state index in [0.717, 1.165) is 29.4 Å². The van der Waals surface area contributed by atoms with Gasteiger partial charge in [0.1, 0.15) is 41.1 Å². The lowest BCUT2D eigenvalue weighted by Crippen LogP contribution is -2.47. The summed E-state index contributed by atoms with van der Waals surface area (Å²) in [5, 5.41) is 10.3. The summed E-state index contributed by atoms with van der Waals surface area (Å²) in [5.41, 5.74) is -3.25. The Hall–Kier alpha value is -6.19. The van der Waals surface area contributed by atoms with Crippen molar-refractivity contribution in [3.63, 3.8) is 0 Å². The van der Waals surface area contributed by atoms with Gasteiger partial charge in [0.2, 0.25) is 0 Å². The number of ether oxygens (including phenoxy) is 2. The SMILES string of the molecule is CC(C)(C)OC(=O)N1CC[C@@H](O)[C@H]1C(=O)CCc1ccc(F)c(-c2cnc(C(F)(F)F)cn2)c1.CC(C)(C)OC(=O)N1CC[C@H](F)[C@H]1C(=O)CCc1ccc(F)c(-c2cnc(C(F)(F)F)cn2)c1. The van der Waals surface area contributed by atoms with Gasteiger partial charge < -0.3 is 14.6 Å². The molecule has 0 unspecified atom stereocenters. The summed E-state index contributed by atoms with van der Waals surface area (Å²) in [7, 11) is 0. The van der Waals surface area contributed by atoms with Crippen molar-refractivity contribution in [3.05, 3.63) is 95.3 Å². The molecule has 2 amide bonds. The number of rotatable bonds is 10. The summed E-state index contributed by atoms with van der Waals surface area (Å²) in [6, 6.07) is 5.52. The molecule has 1 N–H and O–H groups in total. The number of amides is 2. The number of hydrogen-bond donors (Lipinski definition) is 1. The molecule has 2 fully saturated rings. The smallest absolute Gasteiger partial charge is 0.434 e. The normalized spacial score (nSPS) is 18.8. The van der Waals surface area contributed by atoms with E-state index in [9.17, 15) is 63.8 Å². The van der Waals surface area contributed by atoms with Crippen molar-refractivity contribution in [2.45, 2.75) is 128 Å². The number of halogens is 9. The summed E-state index contributed by atoms with van der Waals surface area (Å²) in [6.45, 7) is 10.3. The number of aryl methyl sites for hydroxylation is 2. The first-order valence-corrected chi connectivity index (χ1v) is 21.3. The topological polar surface area (TPSA) is 165 Å². The summed E-state index contributed by atoms with van der Waals surface area (Å²) >= 11 is 0. The Morgan fingerprint density at radius 2 is 1.01 bits per heavy atom. The molecule has 2 aromatic heterocycles. The molecule has 0 saturated carbocycles. The minimum Gasteiger partial charge on any atom is -0.444 e. The molecule has 4 aromatic rings. The summed E-state index contributed by atoms with van der Waals surface area (Å²) < 4.78 is 130. The Morgan fingerprint density at radius 3 is 1.40 bits per heavy atom. The van der Waals surface area contributed by atoms with Crippen LogP contribution in [-0.2, 0) is 44.3 Å². The molecule has 22 heteroatoms. The average molecular weight is 969 g/mol. The van der Waals surface area contributed by atoms with Crippen LogP contribution in [0.25, 0.3) is 22.5 Å². The number of aliphatic hydroxyl groups excluding tert-OH is 1. The third-order valence-electron chi connectivity index (χ3n) is 10.4. The van der Waals surface area contributed by atoms with E-state index < -0.39 is 88.9 Å². The van der Waals surface area contributed by atoms with E-state index in [0.29, 0.717) is 23.5 Å². The number of hydrogen-bond acceptors (Lipinski definition) is 11. The van der Waals surface area contributed by atoms with Crippen LogP contribution in [-0.4, -0.2) is 107 Å². The maximum Gasteiger partial charge on any atom is 0.434 e. The Morgan fingerprint density at radius 1 is 0.618 bits per heavy atom. The van der Waals surface area contributed by atoms with Crippen molar-refractivity contribution >= 4 is 23.8 Å². The second-order valence-corrected chi connectivity index (χ2v) is 18.0. The van der Waals surface area contributed by atoms with Gasteiger partial charge >= 0.3 is 24.5 Å². The number of alkyl halides is 7. The van der Waals surface area contributed by atoms with E-state index in [2.05, 4.69) is 19.9 Å². The van der Waals surface area contributed by atoms with Crippen molar-refractivity contribution in [1.82, 2.24) is 29.7 Å². The lowest BCUT2D eigenvalue weighted by molar-refractivity contribution is -0.142. The molecule has 4 atom stereocenters. The van der Waals surface area contributed by atoms with Crippen molar-refractivity contribution in [1.29, 1.82) is 0 Å². The van der Waals surface area contributed by atoms with E-state index in [1.165, 1.54) is 29.2 Å². The largest absolute Gasteiger partial charge is 0.444 e. The highest BCUT2D eigenvalue weighted by molar-refractivity contribution is 5.89. The molecule has 0 aliphatic carbocycles. The van der Waals surface area contributed by atoms with Crippen LogP contribution in [0.15, 0.2) is 61.2 Å². The molecular weight excluding hydrogens is 920 g/mol. The molecule has 2 saturated heterocycles. The van der Waals surface area contributed by atoms with E-state index >= 15 is 0 Å². The minimum absolute atomic E-state index is 0.0168. The number of benzene rings is 2. The molecule has 4 heterocycles. The van der Waals surface area contributed by atoms with Crippen molar-refractivity contribution in [2.24, 2.45) is 0 Å². The third kappa shape index (κ3) is 13.9. The Bertz CT molecular complexity index is 2270. The van der Waals surface area contributed by atoms with Crippen molar-refractivity contribution < 1.29 is 73.3 Å². The summed E-state index contributed by atoms with van der Waals surface area (Å²) in [6.07, 6.45) is -10.3. The Labute approximate surface area is 385 Å². The van der Waals surface area contributed by atoms with Gasteiger partial charge in [-0.15, -0.1) is 0 Å². The quantitative estimate of drug-likeness (QED) is 0.151. The fourth-order valence-electron chi connectivity index (χ4n) is 7.25. The van der Waals surface area contributed by atoms with Crippen LogP contribution in [0.4, 0.5) is 49.1 Å². The van der Waals surface area contributed by atoms with Crippen LogP contribution in [0.1, 0.15) is 89.7 Å². The average Bonchev–Trinajstić information content (AvgIpc) is 3.83. The van der Waals surface area contributed by atoms with E-state index in [1.807, 2.05) is 0 Å². The zero-order valence-corrected chi connectivity index (χ0v) is 37.7. The van der Waals surface area contributed by atoms with Gasteiger partial charge in [-0.05, 0) is 103 Å². The highest BCUT2D eigenvalue weighted by Gasteiger charge is 2.44. The lowest BCUT2D eigenvalue weighted by atomic mass is 9.98. The highest BCUT2D eigenvalue weighted by atomic mass is 19.4. The number of aliphatic hydroxyl groups is 1. The number of likely N-dealkylation sites (tertiary alicyclic amines) is 2. The van der Waals surface area contributed by atoms with Gasteiger partial charge in [0.05, 0.1) is 42.3 Å². The lowest BCUT2D eigenvalue weighted by Gasteiger charge is -2.28. The fourth-order valence-corrected chi connectivity index (χ4v) is 7.25. The van der Waals surface area contributed by atoms with Crippen molar-refractivity contribution in [2.75, 3.05) is 13.1 Å². The van der Waals surface area contributed by atoms with Gasteiger partial charge in [0.15, 0.2) is 23.0 Å². The van der Waals surface area contributed by atoms with Gasteiger partial charge in [0.25, 0.3) is 0 Å². The predicted octanol–water partition coefficient (Wildman–Crippen LogP) is 9.32. The molecular formula is C46H49F9N6O7. The number of aromatic nitrogens is 4. The van der Waals surface area contributed by atoms with E-state index in [4.69, 9.17) is 9.47 Å². The van der Waals surface area contributed by atoms with Crippen LogP contribution >= 0.6 is 0 Å². The Kier molecular flexibility index (Phi) is 16.3. The molecule has 68 heavy (non-hydrogen) atoms. The fraction of sp³-hybridized carbons (Fsp3) is 0.478. The zero-order chi connectivity index (χ0) is 50.5. The van der Waals surface area contributed by atoms with Crippen molar-refractivity contribution in [3.8, 4) is 22.5 Å². The molecule has 13 nitrogen and oxygen atoms in total. The Balaban J connectivity index is 0.000000254. The van der Waals surface area contributed by atoms with Crippen LogP contribution < -0.4 is 0 Å². The molecule has 0 bridgehead atoms. The second kappa shape index (κ2) is 21.0. The van der Waals surface area contributed by atoms with Gasteiger partial charge in [-0.3, -0.25) is 29.4 Å². The molecule has 2 aromatic carbocycles. The van der Waals surface area contributed by atoms with Gasteiger partial charge in [-0.25, -0.2) is 32.7 Å². The highest BCUT2D eigenvalue weighted by Crippen LogP contribution is 2.32. The number of ketones is 2. The molecule has 368 valence electrons. The molecule has 2 aliphatic rings. The third-order valence-corrected chi connectivity index (χ3v) is 10.4. The maximum absolute atomic E-state index is 14.4. The molecule has 0 radical (unpaired) electrons. The summed E-state index contributed by atoms with van der Waals surface area (Å²) in [5.74, 6) is -2.31. The molecule has 0 spiro atoms. The summed E-state index contributed by atoms with van der Waals surface area (Å²) in [4.78, 5) is 66.6. The van der Waals surface area contributed by atoms with Gasteiger partial charge in [0, 0.05) is 37.1 Å². The van der Waals surface area contributed by atoms with Crippen LogP contribution in [0, 0.1) is 11.6 Å². The first-order valence-electron chi connectivity index (χ1n) is 21.3. The number of Topliss-reactive ketones (excluding diaryl/α,β-unsaturated/α-hetero) is 2. The van der Waals surface area contributed by atoms with Crippen LogP contribution in [0.3, 0.4) is 0 Å². The minimum atomic E-state index is -4.67. The molecule has 2 aliphatic heterocycles. The monoisotopic (exact) mass is 968 g/mol. The van der Waals surface area contributed by atoms with E-state index in [1.54, 1.807) is 41.5 Å². The first-order chi connectivity index (χ1) is 31.5. The number of carbonyl (C=O) groups is 4. The zero-order valence-electron chi connectivity index (χ0n) is 37.7. The first kappa shape index (κ1) is 52.8. The van der Waals surface area contributed by atoms with Crippen LogP contribution in [0.2, 0.25) is 0 Å². The number of nitrogens with zero attached hydrogens (tertiary/aromatic N) is 6. The second-order valence-electron chi connectivity index (χ2n) is 18.0. The number of carbonyl (C=O) groups excluding carboxylic acids is 4. The van der Waals surface area contributed by atoms with Gasteiger partial charge in [-0.2, -0.15) is 26.3 Å². The van der Waals surface area contributed by atoms with E-state index in [-0.39, 0.29) is 79.9 Å². The standard InChI is InChI=1S/C23H24F5N3O3.C23H25F4N3O4/c1-22(2,3)34-21(33)31-9-8-16(25)20(31)18(32)7-5-13-4-6-15(24)14(10-13)17-11-30-19(12-29-17)23(26,27)28;1-22(2,3)34-21(33)30-9-8-18(32)20(30)17(31)7-5-13-4-6-15(24)14(10-13)16-11-29-19(12-28-16)23(25,26)27/h4,6,10-12,16,20H,5,7-9H2,1-3H3;4,6,10-12,18,20,32H,5,7-9H2,1-3H3/t16-,20-;18-,20-/m01/s1. The molecule has 6 rings (SSSR count). The van der Waals surface area contributed by atoms with Gasteiger partial charge in [-0.1, -0.05) is 12.1 Å².